The molecule has 0 fully saturated rings. The number of fused-ring (bicyclic) bond motifs is 1. The van der Waals surface area contributed by atoms with Gasteiger partial charge in [-0.2, -0.15) is 13.2 Å². The van der Waals surface area contributed by atoms with Gasteiger partial charge in [-0.15, -0.1) is 0 Å². The van der Waals surface area contributed by atoms with E-state index in [2.05, 4.69) is 18.2 Å². The second kappa shape index (κ2) is 7.34. The van der Waals surface area contributed by atoms with Gasteiger partial charge in [-0.05, 0) is 65.3 Å². The van der Waals surface area contributed by atoms with Crippen LogP contribution in [0.4, 0.5) is 13.2 Å². The summed E-state index contributed by atoms with van der Waals surface area (Å²) in [4.78, 5) is 0. The lowest BCUT2D eigenvalue weighted by molar-refractivity contribution is -0.137. The van der Waals surface area contributed by atoms with Crippen LogP contribution in [-0.2, 0) is 12.6 Å². The van der Waals surface area contributed by atoms with Crippen molar-refractivity contribution in [3.8, 4) is 5.75 Å². The zero-order chi connectivity index (χ0) is 19.7. The molecule has 0 aliphatic heterocycles. The summed E-state index contributed by atoms with van der Waals surface area (Å²) in [6, 6.07) is 21.9. The molecular weight excluding hydrogens is 361 g/mol. The van der Waals surface area contributed by atoms with Crippen molar-refractivity contribution in [2.45, 2.75) is 30.9 Å². The Morgan fingerprint density at radius 3 is 2.21 bits per heavy atom. The molecule has 0 saturated carbocycles. The van der Waals surface area contributed by atoms with Crippen molar-refractivity contribution < 1.29 is 17.9 Å². The summed E-state index contributed by atoms with van der Waals surface area (Å²) >= 11 is 0. The number of hydrogen-bond acceptors (Lipinski definition) is 1. The van der Waals surface area contributed by atoms with Crippen LogP contribution in [0.15, 0.2) is 72.8 Å². The first-order valence-corrected chi connectivity index (χ1v) is 9.36. The van der Waals surface area contributed by atoms with Crippen molar-refractivity contribution in [3.05, 3.63) is 101 Å². The fraction of sp³-hybridized carbons (Fsp3) is 0.250. The van der Waals surface area contributed by atoms with Crippen LogP contribution in [0.3, 0.4) is 0 Å². The van der Waals surface area contributed by atoms with Crippen LogP contribution in [0.2, 0.25) is 0 Å². The summed E-state index contributed by atoms with van der Waals surface area (Å²) < 4.78 is 44.4. The minimum absolute atomic E-state index is 0.0133. The highest BCUT2D eigenvalue weighted by Gasteiger charge is 2.34. The predicted molar refractivity (Wildman–Crippen MR) is 104 cm³/mol. The van der Waals surface area contributed by atoms with Crippen molar-refractivity contribution >= 4 is 0 Å². The molecular formula is C24H21F3O. The van der Waals surface area contributed by atoms with Crippen LogP contribution in [0.25, 0.3) is 0 Å². The first kappa shape index (κ1) is 18.6. The van der Waals surface area contributed by atoms with E-state index in [0.29, 0.717) is 0 Å². The van der Waals surface area contributed by atoms with Crippen LogP contribution in [0.1, 0.15) is 46.1 Å². The van der Waals surface area contributed by atoms with E-state index in [9.17, 15) is 13.2 Å². The Kier molecular flexibility index (Phi) is 4.88. The minimum atomic E-state index is -4.32. The number of methoxy groups -OCH3 is 1. The number of alkyl halides is 3. The maximum absolute atomic E-state index is 13.0. The smallest absolute Gasteiger partial charge is 0.416 e. The number of rotatable bonds is 3. The third-order valence-electron chi connectivity index (χ3n) is 5.64. The predicted octanol–water partition coefficient (Wildman–Crippen LogP) is 6.58. The molecule has 4 rings (SSSR count). The number of ether oxygens (including phenoxy) is 1. The molecule has 0 aromatic heterocycles. The number of aryl methyl sites for hydroxylation is 1. The maximum Gasteiger partial charge on any atom is 0.416 e. The lowest BCUT2D eigenvalue weighted by atomic mass is 9.69. The van der Waals surface area contributed by atoms with E-state index >= 15 is 0 Å². The van der Waals surface area contributed by atoms with E-state index in [-0.39, 0.29) is 11.8 Å². The number of halogens is 3. The first-order valence-electron chi connectivity index (χ1n) is 9.36. The van der Waals surface area contributed by atoms with Crippen LogP contribution >= 0.6 is 0 Å². The van der Waals surface area contributed by atoms with Gasteiger partial charge in [0.15, 0.2) is 0 Å². The zero-order valence-corrected chi connectivity index (χ0v) is 15.5. The molecule has 0 spiro atoms. The molecule has 144 valence electrons. The highest BCUT2D eigenvalue weighted by atomic mass is 19.4. The summed E-state index contributed by atoms with van der Waals surface area (Å²) in [5, 5.41) is 0. The fourth-order valence-electron chi connectivity index (χ4n) is 4.27. The van der Waals surface area contributed by atoms with Crippen molar-refractivity contribution in [3.63, 3.8) is 0 Å². The average molecular weight is 382 g/mol. The summed E-state index contributed by atoms with van der Waals surface area (Å²) in [6.07, 6.45) is -2.46. The average Bonchev–Trinajstić information content (AvgIpc) is 2.72. The third-order valence-corrected chi connectivity index (χ3v) is 5.64. The number of benzene rings is 3. The van der Waals surface area contributed by atoms with E-state index in [1.165, 1.54) is 28.8 Å². The molecule has 4 heteroatoms. The van der Waals surface area contributed by atoms with Crippen molar-refractivity contribution in [1.29, 1.82) is 0 Å². The highest BCUT2D eigenvalue weighted by molar-refractivity contribution is 5.48. The molecule has 1 aliphatic carbocycles. The third kappa shape index (κ3) is 3.51. The van der Waals surface area contributed by atoms with E-state index in [1.54, 1.807) is 19.2 Å². The van der Waals surface area contributed by atoms with E-state index in [0.717, 1.165) is 24.2 Å². The molecule has 0 amide bonds. The molecule has 3 aromatic carbocycles. The molecule has 0 N–H and O–H groups in total. The summed E-state index contributed by atoms with van der Waals surface area (Å²) in [5.74, 6) is 1.04. The lowest BCUT2D eigenvalue weighted by Gasteiger charge is -2.35. The van der Waals surface area contributed by atoms with Gasteiger partial charge >= 0.3 is 6.18 Å². The molecule has 0 radical (unpaired) electrons. The van der Waals surface area contributed by atoms with Crippen LogP contribution < -0.4 is 4.74 Å². The highest BCUT2D eigenvalue weighted by Crippen LogP contribution is 2.47. The SMILES string of the molecule is COc1ccc2c(c1)CCC(c1ccccc1)C2c1ccc(C(F)(F)F)cc1. The molecule has 2 atom stereocenters. The molecule has 1 aliphatic rings. The van der Waals surface area contributed by atoms with Crippen molar-refractivity contribution in [2.75, 3.05) is 7.11 Å². The van der Waals surface area contributed by atoms with Gasteiger partial charge in [0.2, 0.25) is 0 Å². The topological polar surface area (TPSA) is 9.23 Å². The Balaban J connectivity index is 1.81. The molecule has 0 heterocycles. The van der Waals surface area contributed by atoms with Gasteiger partial charge in [0.05, 0.1) is 12.7 Å². The van der Waals surface area contributed by atoms with Gasteiger partial charge in [0, 0.05) is 5.92 Å². The summed E-state index contributed by atoms with van der Waals surface area (Å²) in [6.45, 7) is 0. The Hall–Kier alpha value is -2.75. The molecule has 2 unspecified atom stereocenters. The number of hydrogen-bond donors (Lipinski definition) is 0. The Labute approximate surface area is 162 Å². The zero-order valence-electron chi connectivity index (χ0n) is 15.5. The Morgan fingerprint density at radius 2 is 1.57 bits per heavy atom. The monoisotopic (exact) mass is 382 g/mol. The van der Waals surface area contributed by atoms with Gasteiger partial charge in [-0.3, -0.25) is 0 Å². The van der Waals surface area contributed by atoms with E-state index < -0.39 is 11.7 Å². The second-order valence-electron chi connectivity index (χ2n) is 7.22. The Bertz CT molecular complexity index is 946. The largest absolute Gasteiger partial charge is 0.497 e. The molecule has 3 aromatic rings. The van der Waals surface area contributed by atoms with E-state index in [1.807, 2.05) is 30.3 Å². The van der Waals surface area contributed by atoms with Crippen LogP contribution in [0, 0.1) is 0 Å². The second-order valence-corrected chi connectivity index (χ2v) is 7.22. The summed E-state index contributed by atoms with van der Waals surface area (Å²) in [5.41, 5.74) is 3.89. The fourth-order valence-corrected chi connectivity index (χ4v) is 4.27. The van der Waals surface area contributed by atoms with Gasteiger partial charge in [0.25, 0.3) is 0 Å². The van der Waals surface area contributed by atoms with E-state index in [4.69, 9.17) is 4.74 Å². The van der Waals surface area contributed by atoms with Gasteiger partial charge in [-0.25, -0.2) is 0 Å². The minimum Gasteiger partial charge on any atom is -0.497 e. The quantitative estimate of drug-likeness (QED) is 0.497. The lowest BCUT2D eigenvalue weighted by Crippen LogP contribution is -2.20. The molecule has 28 heavy (non-hydrogen) atoms. The first-order chi connectivity index (χ1) is 13.5. The van der Waals surface area contributed by atoms with Gasteiger partial charge < -0.3 is 4.74 Å². The van der Waals surface area contributed by atoms with Crippen molar-refractivity contribution in [2.24, 2.45) is 0 Å². The maximum atomic E-state index is 13.0. The van der Waals surface area contributed by atoms with Crippen molar-refractivity contribution in [1.82, 2.24) is 0 Å². The molecule has 0 bridgehead atoms. The van der Waals surface area contributed by atoms with Gasteiger partial charge in [0.1, 0.15) is 5.75 Å². The normalized spacial score (nSPS) is 19.1. The summed E-state index contributed by atoms with van der Waals surface area (Å²) in [7, 11) is 1.64. The van der Waals surface area contributed by atoms with Crippen LogP contribution in [0.5, 0.6) is 5.75 Å². The standard InChI is InChI=1S/C24H21F3O/c1-28-20-12-14-22-18(15-20)9-13-21(16-5-3-2-4-6-16)23(22)17-7-10-19(11-8-17)24(25,26)27/h2-8,10-12,14-15,21,23H,9,13H2,1H3. The molecule has 0 saturated heterocycles. The van der Waals surface area contributed by atoms with Gasteiger partial charge in [-0.1, -0.05) is 48.5 Å². The Morgan fingerprint density at radius 1 is 0.857 bits per heavy atom. The molecule has 1 nitrogen and oxygen atoms in total. The van der Waals surface area contributed by atoms with Crippen LogP contribution in [-0.4, -0.2) is 7.11 Å².